The number of carbonyl (C=O) groups is 1. The van der Waals surface area contributed by atoms with Crippen LogP contribution in [-0.2, 0) is 9.53 Å². The highest BCUT2D eigenvalue weighted by molar-refractivity contribution is 5.90. The third-order valence-corrected chi connectivity index (χ3v) is 3.44. The fourth-order valence-electron chi connectivity index (χ4n) is 2.31. The van der Waals surface area contributed by atoms with Crippen molar-refractivity contribution in [3.05, 3.63) is 46.4 Å². The second kappa shape index (κ2) is 8.39. The Hall–Kier alpha value is -2.48. The quantitative estimate of drug-likeness (QED) is 0.593. The predicted octanol–water partition coefficient (Wildman–Crippen LogP) is 4.47. The van der Waals surface area contributed by atoms with Crippen molar-refractivity contribution in [2.45, 2.75) is 53.1 Å². The lowest BCUT2D eigenvalue weighted by molar-refractivity contribution is -0.153. The number of hydrogen-bond donors (Lipinski definition) is 0. The number of rotatable bonds is 2. The van der Waals surface area contributed by atoms with Gasteiger partial charge in [-0.15, -0.1) is 0 Å². The Morgan fingerprint density at radius 1 is 1.46 bits per heavy atom. The topological polar surface area (TPSA) is 62.4 Å². The summed E-state index contributed by atoms with van der Waals surface area (Å²) in [4.78, 5) is 15.8. The molecule has 4 nitrogen and oxygen atoms in total. The SMILES string of the molecule is CC=NC1=C(CC)C(=O)OC(C)(C)C1.Cc1ccc(C#N)c(F)c1. The number of carbonyl (C=O) groups excluding carboxylic acids is 1. The Labute approximate surface area is 142 Å². The molecule has 0 saturated carbocycles. The van der Waals surface area contributed by atoms with Gasteiger partial charge in [0.05, 0.1) is 16.8 Å². The van der Waals surface area contributed by atoms with E-state index in [1.807, 2.05) is 27.7 Å². The maximum Gasteiger partial charge on any atom is 0.336 e. The minimum atomic E-state index is -0.442. The molecule has 5 heteroatoms. The van der Waals surface area contributed by atoms with Crippen molar-refractivity contribution < 1.29 is 13.9 Å². The monoisotopic (exact) mass is 330 g/mol. The van der Waals surface area contributed by atoms with E-state index < -0.39 is 11.4 Å². The Morgan fingerprint density at radius 3 is 2.62 bits per heavy atom. The Bertz CT molecular complexity index is 713. The van der Waals surface area contributed by atoms with Gasteiger partial charge in [-0.3, -0.25) is 4.99 Å². The zero-order valence-corrected chi connectivity index (χ0v) is 14.8. The van der Waals surface area contributed by atoms with E-state index in [1.165, 1.54) is 12.1 Å². The summed E-state index contributed by atoms with van der Waals surface area (Å²) in [5.41, 5.74) is 2.10. The number of aryl methyl sites for hydroxylation is 1. The van der Waals surface area contributed by atoms with Crippen LogP contribution in [0.3, 0.4) is 0 Å². The van der Waals surface area contributed by atoms with Gasteiger partial charge in [-0.05, 0) is 51.8 Å². The fraction of sp³-hybridized carbons (Fsp3) is 0.421. The molecule has 0 saturated heterocycles. The van der Waals surface area contributed by atoms with E-state index in [0.29, 0.717) is 18.4 Å². The van der Waals surface area contributed by atoms with Crippen LogP contribution in [0.5, 0.6) is 0 Å². The molecule has 1 aromatic rings. The number of nitrogens with zero attached hydrogens (tertiary/aromatic N) is 2. The van der Waals surface area contributed by atoms with Crippen molar-refractivity contribution >= 4 is 12.2 Å². The van der Waals surface area contributed by atoms with Crippen molar-refractivity contribution in [2.24, 2.45) is 4.99 Å². The van der Waals surface area contributed by atoms with Crippen LogP contribution < -0.4 is 0 Å². The van der Waals surface area contributed by atoms with Crippen molar-refractivity contribution in [1.82, 2.24) is 0 Å². The average molecular weight is 330 g/mol. The van der Waals surface area contributed by atoms with Crippen molar-refractivity contribution in [3.8, 4) is 6.07 Å². The number of ether oxygens (including phenoxy) is 1. The van der Waals surface area contributed by atoms with Crippen LogP contribution in [0.15, 0.2) is 34.5 Å². The molecule has 24 heavy (non-hydrogen) atoms. The lowest BCUT2D eigenvalue weighted by Crippen LogP contribution is -2.34. The molecule has 0 spiro atoms. The highest BCUT2D eigenvalue weighted by atomic mass is 19.1. The van der Waals surface area contributed by atoms with Gasteiger partial charge in [-0.1, -0.05) is 13.0 Å². The van der Waals surface area contributed by atoms with Crippen molar-refractivity contribution in [1.29, 1.82) is 5.26 Å². The summed E-state index contributed by atoms with van der Waals surface area (Å²) in [6.45, 7) is 9.39. The largest absolute Gasteiger partial charge is 0.456 e. The molecular weight excluding hydrogens is 307 g/mol. The highest BCUT2D eigenvalue weighted by Gasteiger charge is 2.33. The van der Waals surface area contributed by atoms with Gasteiger partial charge in [0.15, 0.2) is 0 Å². The third kappa shape index (κ3) is 5.31. The molecule has 0 N–H and O–H groups in total. The van der Waals surface area contributed by atoms with Crippen molar-refractivity contribution in [2.75, 3.05) is 0 Å². The number of benzene rings is 1. The molecule has 128 valence electrons. The second-order valence-electron chi connectivity index (χ2n) is 6.09. The summed E-state index contributed by atoms with van der Waals surface area (Å²) in [7, 11) is 0. The summed E-state index contributed by atoms with van der Waals surface area (Å²) in [6.07, 6.45) is 3.10. The molecule has 0 fully saturated rings. The molecule has 2 rings (SSSR count). The summed E-state index contributed by atoms with van der Waals surface area (Å²) in [5.74, 6) is -0.660. The molecular formula is C19H23FN2O2. The van der Waals surface area contributed by atoms with Crippen LogP contribution in [0.4, 0.5) is 4.39 Å². The van der Waals surface area contributed by atoms with Gasteiger partial charge in [-0.2, -0.15) is 5.26 Å². The maximum atomic E-state index is 12.6. The fourth-order valence-corrected chi connectivity index (χ4v) is 2.31. The molecule has 0 bridgehead atoms. The minimum absolute atomic E-state index is 0.102. The van der Waals surface area contributed by atoms with E-state index in [1.54, 1.807) is 25.3 Å². The number of halogens is 1. The standard InChI is InChI=1S/C11H17NO2.C8H6FN/c1-5-8-9(12-6-2)7-11(3,4)14-10(8)13;1-6-2-3-7(5-10)8(9)4-6/h6H,5,7H2,1-4H3;2-4H,1H3. The van der Waals surface area contributed by atoms with E-state index in [9.17, 15) is 9.18 Å². The van der Waals surface area contributed by atoms with Crippen LogP contribution in [0.25, 0.3) is 0 Å². The van der Waals surface area contributed by atoms with E-state index in [-0.39, 0.29) is 11.5 Å². The van der Waals surface area contributed by atoms with Crippen molar-refractivity contribution in [3.63, 3.8) is 0 Å². The molecule has 0 atom stereocenters. The summed E-state index contributed by atoms with van der Waals surface area (Å²) < 4.78 is 17.9. The first-order chi connectivity index (χ1) is 11.2. The van der Waals surface area contributed by atoms with Gasteiger partial charge in [0.2, 0.25) is 0 Å². The zero-order valence-electron chi connectivity index (χ0n) is 14.8. The molecule has 0 aromatic heterocycles. The summed E-state index contributed by atoms with van der Waals surface area (Å²) >= 11 is 0. The Balaban J connectivity index is 0.000000254. The van der Waals surface area contributed by atoms with E-state index in [0.717, 1.165) is 11.3 Å². The first-order valence-corrected chi connectivity index (χ1v) is 7.84. The summed E-state index contributed by atoms with van der Waals surface area (Å²) in [6, 6.07) is 6.28. The number of cyclic esters (lactones) is 1. The molecule has 1 aliphatic rings. The Kier molecular flexibility index (Phi) is 6.84. The Morgan fingerprint density at radius 2 is 2.12 bits per heavy atom. The smallest absolute Gasteiger partial charge is 0.336 e. The maximum absolute atomic E-state index is 12.6. The highest BCUT2D eigenvalue weighted by Crippen LogP contribution is 2.31. The predicted molar refractivity (Wildman–Crippen MR) is 92.1 cm³/mol. The number of hydrogen-bond acceptors (Lipinski definition) is 4. The molecule has 1 aliphatic heterocycles. The summed E-state index contributed by atoms with van der Waals surface area (Å²) in [5, 5.41) is 8.32. The van der Waals surface area contributed by atoms with Crippen LogP contribution >= 0.6 is 0 Å². The van der Waals surface area contributed by atoms with Gasteiger partial charge in [0.25, 0.3) is 0 Å². The number of esters is 1. The molecule has 0 radical (unpaired) electrons. The lowest BCUT2D eigenvalue weighted by Gasteiger charge is -2.31. The molecule has 1 heterocycles. The molecule has 0 aliphatic carbocycles. The van der Waals surface area contributed by atoms with E-state index >= 15 is 0 Å². The van der Waals surface area contributed by atoms with Gasteiger partial charge < -0.3 is 4.74 Å². The van der Waals surface area contributed by atoms with E-state index in [2.05, 4.69) is 4.99 Å². The van der Waals surface area contributed by atoms with E-state index in [4.69, 9.17) is 10.00 Å². The molecule has 1 aromatic carbocycles. The van der Waals surface area contributed by atoms with Gasteiger partial charge >= 0.3 is 5.97 Å². The van der Waals surface area contributed by atoms with Gasteiger partial charge in [0.1, 0.15) is 17.5 Å². The minimum Gasteiger partial charge on any atom is -0.456 e. The van der Waals surface area contributed by atoms with Crippen LogP contribution in [-0.4, -0.2) is 17.8 Å². The third-order valence-electron chi connectivity index (χ3n) is 3.44. The van der Waals surface area contributed by atoms with Gasteiger partial charge in [0, 0.05) is 12.6 Å². The first kappa shape index (κ1) is 19.6. The van der Waals surface area contributed by atoms with Crippen LogP contribution in [0.2, 0.25) is 0 Å². The second-order valence-corrected chi connectivity index (χ2v) is 6.09. The molecule has 0 amide bonds. The first-order valence-electron chi connectivity index (χ1n) is 7.84. The average Bonchev–Trinajstić information content (AvgIpc) is 2.47. The number of nitriles is 1. The molecule has 0 unspecified atom stereocenters. The van der Waals surface area contributed by atoms with Gasteiger partial charge in [-0.25, -0.2) is 9.18 Å². The normalized spacial score (nSPS) is 16.3. The lowest BCUT2D eigenvalue weighted by atomic mass is 9.95. The number of aliphatic imine (C=N–C) groups is 1. The zero-order chi connectivity index (χ0) is 18.3. The van der Waals surface area contributed by atoms with Crippen LogP contribution in [0, 0.1) is 24.1 Å². The van der Waals surface area contributed by atoms with Crippen LogP contribution in [0.1, 0.15) is 51.7 Å².